The molecule has 81 heavy (non-hydrogen) atoms. The standard InChI is InChI=1S/C17H30BN2O2P.C14H16O3.C13H18O6.C9H12O2.C7H12O3.CH4/c1-6-15-8-9-16(18)17(12-15)22-23(21-11-7-10-19)20(13(2)3)14(4)5;15-12-7-6-11-9-16-14(17-13(11)8-12)10-4-2-1-3-5-10;1-8(14)17-7-11-4-5-12(18-9(2)15)13(6-11)19-10(3)16;1-10-9(11-2)8-6-4-3-5-7-8;8-4-5-1-2-6(9)7(10)3-5;/h8-9,13-17H,6-7,11-12H2,1-5H3;1-7,11-15H,8-9H2;4-5,11-13H,6-7H2,1-3H3;3-7,9H,1-2H3;1-2,5-10H,3-4H2;1H4/t15?,16?,17-,23?;11?,12?,13-,14?;11?,12?,13-;;5?,6?,7-;/m100.0./s1. The van der Waals surface area contributed by atoms with Crippen molar-refractivity contribution >= 4 is 34.3 Å². The molecule has 18 nitrogen and oxygen atoms in total. The van der Waals surface area contributed by atoms with Gasteiger partial charge in [-0.2, -0.15) is 5.26 Å². The molecule has 0 bridgehead atoms. The second-order valence-electron chi connectivity index (χ2n) is 20.4. The van der Waals surface area contributed by atoms with E-state index < -0.39 is 44.9 Å². The summed E-state index contributed by atoms with van der Waals surface area (Å²) in [5.41, 5.74) is 2.08. The molecule has 10 unspecified atom stereocenters. The quantitative estimate of drug-likeness (QED) is 0.0206. The van der Waals surface area contributed by atoms with Crippen LogP contribution in [0.25, 0.3) is 0 Å². The van der Waals surface area contributed by atoms with Crippen LogP contribution in [0.1, 0.15) is 125 Å². The van der Waals surface area contributed by atoms with E-state index in [1.807, 2.05) is 72.8 Å². The average molecular weight is 1150 g/mol. The van der Waals surface area contributed by atoms with E-state index in [4.69, 9.17) is 70.6 Å². The van der Waals surface area contributed by atoms with Crippen molar-refractivity contribution in [1.29, 1.82) is 5.26 Å². The number of ether oxygens (including phenoxy) is 7. The van der Waals surface area contributed by atoms with Crippen molar-refractivity contribution in [3.63, 3.8) is 0 Å². The molecule has 450 valence electrons. The third kappa shape index (κ3) is 27.1. The Morgan fingerprint density at radius 2 is 1.37 bits per heavy atom. The normalized spacial score (nSPS) is 27.4. The first-order valence-corrected chi connectivity index (χ1v) is 28.7. The van der Waals surface area contributed by atoms with Gasteiger partial charge in [0.2, 0.25) is 0 Å². The number of rotatable bonds is 18. The molecule has 0 aromatic heterocycles. The fraction of sp³-hybridized carbons (Fsp3) is 0.607. The number of aliphatic hydroxyl groups is 4. The van der Waals surface area contributed by atoms with Crippen LogP contribution in [-0.4, -0.2) is 146 Å². The van der Waals surface area contributed by atoms with Crippen LogP contribution in [0.3, 0.4) is 0 Å². The van der Waals surface area contributed by atoms with Gasteiger partial charge in [-0.05, 0) is 71.2 Å². The van der Waals surface area contributed by atoms with Gasteiger partial charge in [0, 0.05) is 89.0 Å². The molecule has 2 aromatic rings. The Morgan fingerprint density at radius 3 is 1.93 bits per heavy atom. The van der Waals surface area contributed by atoms with E-state index in [2.05, 4.69) is 57.5 Å². The largest absolute Gasteiger partial charge is 0.465 e. The summed E-state index contributed by atoms with van der Waals surface area (Å²) >= 11 is 0. The van der Waals surface area contributed by atoms with Crippen molar-refractivity contribution in [3.05, 3.63) is 120 Å². The predicted octanol–water partition coefficient (Wildman–Crippen LogP) is 9.51. The number of esters is 3. The van der Waals surface area contributed by atoms with E-state index in [0.717, 1.165) is 24.0 Å². The maximum atomic E-state index is 11.0. The lowest BCUT2D eigenvalue weighted by Crippen LogP contribution is -2.39. The van der Waals surface area contributed by atoms with Gasteiger partial charge in [-0.25, -0.2) is 4.67 Å². The maximum Gasteiger partial charge on any atom is 0.303 e. The zero-order chi connectivity index (χ0) is 59.1. The van der Waals surface area contributed by atoms with Crippen molar-refractivity contribution in [1.82, 2.24) is 4.67 Å². The summed E-state index contributed by atoms with van der Waals surface area (Å²) in [5.74, 6) is -0.587. The van der Waals surface area contributed by atoms with Gasteiger partial charge in [0.15, 0.2) is 18.7 Å². The smallest absolute Gasteiger partial charge is 0.303 e. The van der Waals surface area contributed by atoms with E-state index in [0.29, 0.717) is 56.9 Å². The summed E-state index contributed by atoms with van der Waals surface area (Å²) in [7, 11) is 8.26. The summed E-state index contributed by atoms with van der Waals surface area (Å²) < 4.78 is 51.4. The number of carbonyl (C=O) groups excluding carboxylic acids is 3. The molecule has 14 atom stereocenters. The zero-order valence-corrected chi connectivity index (χ0v) is 49.2. The SMILES string of the molecule is C.CC(=O)OCC1C=CC(OC(C)=O)[C@@H](OC(C)=O)C1.COC(OC)c1ccccc1.OC1C=CC2COC(c3ccccc3)O[C@H]2C1.OCC1C=CC(O)[C@@H](O)C1.[B]C1C=CC(CC)C[C@H]1OP(OCCC#N)N(C(C)C)C(C)C. The second-order valence-corrected chi connectivity index (χ2v) is 21.8. The highest BCUT2D eigenvalue weighted by Crippen LogP contribution is 2.50. The van der Waals surface area contributed by atoms with Crippen LogP contribution < -0.4 is 0 Å². The highest BCUT2D eigenvalue weighted by Gasteiger charge is 2.36. The van der Waals surface area contributed by atoms with Crippen molar-refractivity contribution in [3.8, 4) is 6.07 Å². The first-order valence-electron chi connectivity index (χ1n) is 27.5. The Hall–Kier alpha value is -4.65. The molecule has 1 saturated heterocycles. The molecule has 1 aliphatic heterocycles. The number of hydrogen-bond donors (Lipinski definition) is 4. The summed E-state index contributed by atoms with van der Waals surface area (Å²) in [6, 6.07) is 22.5. The van der Waals surface area contributed by atoms with Crippen LogP contribution >= 0.6 is 8.53 Å². The topological polar surface area (TPSA) is 242 Å². The molecule has 0 spiro atoms. The second kappa shape index (κ2) is 39.8. The lowest BCUT2D eigenvalue weighted by atomic mass is 9.74. The third-order valence-electron chi connectivity index (χ3n) is 13.2. The fourth-order valence-corrected chi connectivity index (χ4v) is 10.8. The molecule has 4 aliphatic carbocycles. The lowest BCUT2D eigenvalue weighted by molar-refractivity contribution is -0.239. The number of methoxy groups -OCH3 is 2. The van der Waals surface area contributed by atoms with E-state index in [-0.39, 0.29) is 81.1 Å². The van der Waals surface area contributed by atoms with Gasteiger partial charge in [0.05, 0.1) is 70.7 Å². The Bertz CT molecular complexity index is 2220. The van der Waals surface area contributed by atoms with Crippen LogP contribution in [0.15, 0.2) is 109 Å². The van der Waals surface area contributed by atoms with Gasteiger partial charge in [0.1, 0.15) is 6.10 Å². The van der Waals surface area contributed by atoms with E-state index >= 15 is 0 Å². The number of allylic oxidation sites excluding steroid dienone is 1. The van der Waals surface area contributed by atoms with Crippen molar-refractivity contribution in [2.24, 2.45) is 23.7 Å². The van der Waals surface area contributed by atoms with E-state index in [9.17, 15) is 19.5 Å². The molecule has 0 saturated carbocycles. The molecule has 5 aliphatic rings. The summed E-state index contributed by atoms with van der Waals surface area (Å²) in [6.07, 6.45) is 15.3. The van der Waals surface area contributed by atoms with E-state index in [1.165, 1.54) is 26.8 Å². The summed E-state index contributed by atoms with van der Waals surface area (Å²) in [6.45, 7) is 16.0. The Balaban J connectivity index is 0.000000355. The minimum atomic E-state index is -1.22. The lowest BCUT2D eigenvalue weighted by Gasteiger charge is -2.39. The van der Waals surface area contributed by atoms with Crippen LogP contribution in [0, 0.1) is 35.0 Å². The summed E-state index contributed by atoms with van der Waals surface area (Å²) in [5, 5.41) is 45.0. The van der Waals surface area contributed by atoms with Gasteiger partial charge >= 0.3 is 17.9 Å². The molecule has 2 radical (unpaired) electrons. The van der Waals surface area contributed by atoms with Crippen molar-refractivity contribution in [2.75, 3.05) is 40.6 Å². The molecule has 1 fully saturated rings. The number of fused-ring (bicyclic) bond motifs is 1. The van der Waals surface area contributed by atoms with Gasteiger partial charge in [0.25, 0.3) is 8.53 Å². The van der Waals surface area contributed by atoms with E-state index in [1.54, 1.807) is 32.4 Å². The molecule has 0 amide bonds. The van der Waals surface area contributed by atoms with Crippen molar-refractivity contribution < 1.29 is 77.0 Å². The number of nitriles is 1. The number of aliphatic hydroxyl groups excluding tert-OH is 4. The van der Waals surface area contributed by atoms with Crippen LogP contribution in [0.4, 0.5) is 0 Å². The minimum absolute atomic E-state index is 0. The highest BCUT2D eigenvalue weighted by molar-refractivity contribution is 7.44. The molecule has 7 rings (SSSR count). The molecular formula is C61H92BN2O16P. The fourth-order valence-electron chi connectivity index (χ4n) is 9.08. The zero-order valence-electron chi connectivity index (χ0n) is 48.3. The number of nitrogens with zero attached hydrogens (tertiary/aromatic N) is 2. The first-order chi connectivity index (χ1) is 38.2. The Kier molecular flexibility index (Phi) is 35.6. The molecule has 4 N–H and O–H groups in total. The third-order valence-corrected chi connectivity index (χ3v) is 15.3. The first kappa shape index (κ1) is 72.5. The van der Waals surface area contributed by atoms with Crippen molar-refractivity contribution in [2.45, 2.75) is 175 Å². The molecule has 20 heteroatoms. The molecule has 1 heterocycles. The minimum Gasteiger partial charge on any atom is -0.465 e. The summed E-state index contributed by atoms with van der Waals surface area (Å²) in [4.78, 5) is 32.8. The number of benzene rings is 2. The number of carbonyl (C=O) groups is 3. The monoisotopic (exact) mass is 1150 g/mol. The van der Waals surface area contributed by atoms with Gasteiger partial charge < -0.3 is 62.6 Å². The van der Waals surface area contributed by atoms with Gasteiger partial charge in [-0.1, -0.05) is 118 Å². The highest BCUT2D eigenvalue weighted by atomic mass is 31.2. The van der Waals surface area contributed by atoms with Gasteiger partial charge in [-0.15, -0.1) is 0 Å². The number of hydrogen-bond acceptors (Lipinski definition) is 18. The van der Waals surface area contributed by atoms with Crippen LogP contribution in [0.2, 0.25) is 5.82 Å². The Labute approximate surface area is 484 Å². The average Bonchev–Trinajstić information content (AvgIpc) is 3.46. The molecular weight excluding hydrogens is 1060 g/mol. The molecule has 2 aromatic carbocycles. The van der Waals surface area contributed by atoms with Gasteiger partial charge in [-0.3, -0.25) is 14.4 Å². The Morgan fingerprint density at radius 1 is 0.765 bits per heavy atom. The predicted molar refractivity (Wildman–Crippen MR) is 312 cm³/mol. The van der Waals surface area contributed by atoms with Crippen LogP contribution in [-0.2, 0) is 56.6 Å². The van der Waals surface area contributed by atoms with Crippen LogP contribution in [0.5, 0.6) is 0 Å². The maximum absolute atomic E-state index is 11.0.